The van der Waals surface area contributed by atoms with Gasteiger partial charge in [-0.3, -0.25) is 4.57 Å². The van der Waals surface area contributed by atoms with Crippen LogP contribution in [0.25, 0.3) is 5.00 Å². The van der Waals surface area contributed by atoms with Gasteiger partial charge in [0.05, 0.1) is 18.6 Å². The van der Waals surface area contributed by atoms with Crippen molar-refractivity contribution in [2.75, 3.05) is 6.61 Å². The molecule has 0 spiro atoms. The van der Waals surface area contributed by atoms with Gasteiger partial charge in [-0.05, 0) is 25.3 Å². The van der Waals surface area contributed by atoms with E-state index in [1.165, 1.54) is 0 Å². The minimum Gasteiger partial charge on any atom is -0.395 e. The Kier molecular flexibility index (Phi) is 2.97. The fourth-order valence-electron chi connectivity index (χ4n) is 3.22. The van der Waals surface area contributed by atoms with Gasteiger partial charge in [0.2, 0.25) is 0 Å². The quantitative estimate of drug-likeness (QED) is 0.621. The molecule has 1 aliphatic carbocycles. The number of carbonyl (C=O) groups excluding carboxylic acids is 1. The van der Waals surface area contributed by atoms with Crippen LogP contribution in [0.5, 0.6) is 0 Å². The van der Waals surface area contributed by atoms with E-state index < -0.39 is 5.41 Å². The number of hydrogen-bond acceptors (Lipinski definition) is 6. The molecule has 6 nitrogen and oxygen atoms in total. The summed E-state index contributed by atoms with van der Waals surface area (Å²) in [5, 5.41) is 22.2. The van der Waals surface area contributed by atoms with Crippen molar-refractivity contribution in [3.63, 3.8) is 0 Å². The fourth-order valence-corrected chi connectivity index (χ4v) is 5.12. The Morgan fingerprint density at radius 3 is 3.05 bits per heavy atom. The van der Waals surface area contributed by atoms with Crippen LogP contribution in [0, 0.1) is 12.3 Å². The lowest BCUT2D eigenvalue weighted by Gasteiger charge is -2.18. The molecule has 8 heteroatoms. The second-order valence-electron chi connectivity index (χ2n) is 5.86. The minimum absolute atomic E-state index is 0.135. The van der Waals surface area contributed by atoms with E-state index in [1.54, 1.807) is 11.3 Å². The van der Waals surface area contributed by atoms with Crippen LogP contribution in [0.4, 0.5) is 0 Å². The van der Waals surface area contributed by atoms with E-state index in [0.717, 1.165) is 38.9 Å². The molecule has 0 bridgehead atoms. The van der Waals surface area contributed by atoms with Crippen LogP contribution in [0.1, 0.15) is 27.7 Å². The van der Waals surface area contributed by atoms with Gasteiger partial charge in [0.15, 0.2) is 5.82 Å². The van der Waals surface area contributed by atoms with Crippen molar-refractivity contribution in [3.05, 3.63) is 27.7 Å². The van der Waals surface area contributed by atoms with Crippen LogP contribution in [-0.2, 0) is 24.2 Å². The molecular weight excluding hydrogens is 320 g/mol. The summed E-state index contributed by atoms with van der Waals surface area (Å²) in [6.45, 7) is 2.32. The fraction of sp³-hybridized carbons (Fsp3) is 0.429. The highest BCUT2D eigenvalue weighted by Gasteiger charge is 2.42. The van der Waals surface area contributed by atoms with E-state index >= 15 is 0 Å². The Labute approximate surface area is 136 Å². The number of thiocarbonyl (C=S) groups is 1. The zero-order valence-corrected chi connectivity index (χ0v) is 13.6. The van der Waals surface area contributed by atoms with E-state index in [0.29, 0.717) is 24.4 Å². The van der Waals surface area contributed by atoms with Crippen LogP contribution >= 0.6 is 23.6 Å². The maximum Gasteiger partial charge on any atom is 0.157 e. The SMILES string of the molecule is Cc1nnc2n1-c1sc3c(c1C(=S)NC2)CC(C=O)(CO)C3. The van der Waals surface area contributed by atoms with Crippen molar-refractivity contribution in [1.82, 2.24) is 20.1 Å². The molecule has 2 aromatic heterocycles. The number of aliphatic hydroxyl groups excluding tert-OH is 1. The summed E-state index contributed by atoms with van der Waals surface area (Å²) in [7, 11) is 0. The molecule has 0 aromatic carbocycles. The number of hydrogen-bond donors (Lipinski definition) is 2. The van der Waals surface area contributed by atoms with Crippen molar-refractivity contribution in [1.29, 1.82) is 0 Å². The molecular formula is C14H14N4O2S2. The summed E-state index contributed by atoms with van der Waals surface area (Å²) in [6, 6.07) is 0. The van der Waals surface area contributed by atoms with Crippen LogP contribution in [0.2, 0.25) is 0 Å². The predicted molar refractivity (Wildman–Crippen MR) is 85.5 cm³/mol. The number of fused-ring (bicyclic) bond motifs is 5. The molecule has 22 heavy (non-hydrogen) atoms. The van der Waals surface area contributed by atoms with Gasteiger partial charge in [-0.2, -0.15) is 0 Å². The number of rotatable bonds is 2. The molecule has 2 aromatic rings. The lowest BCUT2D eigenvalue weighted by molar-refractivity contribution is -0.117. The second kappa shape index (κ2) is 4.68. The molecule has 0 fully saturated rings. The van der Waals surface area contributed by atoms with Crippen LogP contribution < -0.4 is 5.32 Å². The molecule has 1 atom stereocenters. The van der Waals surface area contributed by atoms with Gasteiger partial charge < -0.3 is 15.2 Å². The second-order valence-corrected chi connectivity index (χ2v) is 7.35. The topological polar surface area (TPSA) is 80.0 Å². The first kappa shape index (κ1) is 14.0. The molecule has 0 amide bonds. The Morgan fingerprint density at radius 2 is 2.32 bits per heavy atom. The van der Waals surface area contributed by atoms with Crippen LogP contribution in [0.15, 0.2) is 0 Å². The van der Waals surface area contributed by atoms with Gasteiger partial charge in [-0.25, -0.2) is 0 Å². The molecule has 0 saturated carbocycles. The molecule has 114 valence electrons. The molecule has 3 heterocycles. The van der Waals surface area contributed by atoms with Crippen molar-refractivity contribution in [2.45, 2.75) is 26.3 Å². The Hall–Kier alpha value is -1.64. The maximum absolute atomic E-state index is 11.4. The van der Waals surface area contributed by atoms with Gasteiger partial charge >= 0.3 is 0 Å². The Morgan fingerprint density at radius 1 is 1.50 bits per heavy atom. The third-order valence-electron chi connectivity index (χ3n) is 4.41. The molecule has 4 rings (SSSR count). The summed E-state index contributed by atoms with van der Waals surface area (Å²) in [5.74, 6) is 1.66. The average molecular weight is 334 g/mol. The monoisotopic (exact) mass is 334 g/mol. The van der Waals surface area contributed by atoms with E-state index in [2.05, 4.69) is 15.5 Å². The minimum atomic E-state index is -0.691. The third-order valence-corrected chi connectivity index (χ3v) is 5.97. The summed E-state index contributed by atoms with van der Waals surface area (Å²) in [6.07, 6.45) is 1.99. The average Bonchev–Trinajstić information content (AvgIpc) is 3.12. The number of nitrogens with zero attached hydrogens (tertiary/aromatic N) is 3. The first-order valence-electron chi connectivity index (χ1n) is 7.00. The Balaban J connectivity index is 1.92. The normalized spacial score (nSPS) is 22.5. The van der Waals surface area contributed by atoms with E-state index in [4.69, 9.17) is 12.2 Å². The number of aryl methyl sites for hydroxylation is 1. The zero-order chi connectivity index (χ0) is 15.5. The van der Waals surface area contributed by atoms with Gasteiger partial charge in [-0.1, -0.05) is 12.2 Å². The van der Waals surface area contributed by atoms with Crippen molar-refractivity contribution in [3.8, 4) is 5.00 Å². The van der Waals surface area contributed by atoms with Gasteiger partial charge in [0, 0.05) is 10.4 Å². The highest BCUT2D eigenvalue weighted by atomic mass is 32.1. The van der Waals surface area contributed by atoms with E-state index in [9.17, 15) is 9.90 Å². The number of aliphatic hydroxyl groups is 1. The standard InChI is InChI=1S/C14H14N4O2S2/c1-7-16-17-10-4-15-12(21)11-8-2-14(5-19,6-20)3-9(8)22-13(11)18(7)10/h5,20H,2-4,6H2,1H3,(H,15,21). The van der Waals surface area contributed by atoms with Crippen LogP contribution in [0.3, 0.4) is 0 Å². The smallest absolute Gasteiger partial charge is 0.157 e. The third kappa shape index (κ3) is 1.74. The number of aldehydes is 1. The number of nitrogens with one attached hydrogen (secondary N) is 1. The van der Waals surface area contributed by atoms with Crippen molar-refractivity contribution in [2.24, 2.45) is 5.41 Å². The number of thiophene rings is 1. The predicted octanol–water partition coefficient (Wildman–Crippen LogP) is 0.692. The van der Waals surface area contributed by atoms with E-state index in [-0.39, 0.29) is 6.61 Å². The Bertz CT molecular complexity index is 810. The first-order chi connectivity index (χ1) is 10.6. The lowest BCUT2D eigenvalue weighted by atomic mass is 9.87. The van der Waals surface area contributed by atoms with Crippen LogP contribution in [-0.4, -0.2) is 37.8 Å². The molecule has 1 aliphatic heterocycles. The largest absolute Gasteiger partial charge is 0.395 e. The number of carbonyl (C=O) groups is 1. The highest BCUT2D eigenvalue weighted by molar-refractivity contribution is 7.80. The van der Waals surface area contributed by atoms with Crippen molar-refractivity contribution < 1.29 is 9.90 Å². The van der Waals surface area contributed by atoms with Gasteiger partial charge in [-0.15, -0.1) is 21.5 Å². The molecule has 2 aliphatic rings. The lowest BCUT2D eigenvalue weighted by Crippen LogP contribution is -2.28. The van der Waals surface area contributed by atoms with Gasteiger partial charge in [0.25, 0.3) is 0 Å². The summed E-state index contributed by atoms with van der Waals surface area (Å²) >= 11 is 7.15. The van der Waals surface area contributed by atoms with Crippen molar-refractivity contribution >= 4 is 34.8 Å². The molecule has 0 saturated heterocycles. The molecule has 1 unspecified atom stereocenters. The first-order valence-corrected chi connectivity index (χ1v) is 8.22. The van der Waals surface area contributed by atoms with E-state index in [1.807, 2.05) is 11.5 Å². The number of aromatic nitrogens is 3. The maximum atomic E-state index is 11.4. The zero-order valence-electron chi connectivity index (χ0n) is 11.9. The summed E-state index contributed by atoms with van der Waals surface area (Å²) < 4.78 is 2.03. The molecule has 2 N–H and O–H groups in total. The van der Waals surface area contributed by atoms with Gasteiger partial charge in [0.1, 0.15) is 22.1 Å². The highest BCUT2D eigenvalue weighted by Crippen LogP contribution is 2.45. The summed E-state index contributed by atoms with van der Waals surface area (Å²) in [4.78, 5) is 13.2. The molecule has 0 radical (unpaired) electrons. The summed E-state index contributed by atoms with van der Waals surface area (Å²) in [5.41, 5.74) is 1.36.